The Balaban J connectivity index is 1.30. The quantitative estimate of drug-likeness (QED) is 0.648. The first kappa shape index (κ1) is 22.0. The lowest BCUT2D eigenvalue weighted by molar-refractivity contribution is 0.0633. The first-order chi connectivity index (χ1) is 15.0. The van der Waals surface area contributed by atoms with Gasteiger partial charge >= 0.3 is 0 Å². The Hall–Kier alpha value is -2.23. The molecule has 168 valence electrons. The minimum absolute atomic E-state index is 0.0346. The normalized spacial score (nSPS) is 18.5. The summed E-state index contributed by atoms with van der Waals surface area (Å²) in [5.41, 5.74) is 0.542. The number of aryl methyl sites for hydroxylation is 1. The number of aromatic nitrogens is 2. The van der Waals surface area contributed by atoms with E-state index in [-0.39, 0.29) is 10.8 Å². The van der Waals surface area contributed by atoms with Gasteiger partial charge in [0.25, 0.3) is 5.91 Å². The van der Waals surface area contributed by atoms with Crippen molar-refractivity contribution in [3.05, 3.63) is 48.0 Å². The molecule has 4 rings (SSSR count). The lowest BCUT2D eigenvalue weighted by Gasteiger charge is -2.35. The molecule has 2 aliphatic heterocycles. The monoisotopic (exact) mass is 445 g/mol. The van der Waals surface area contributed by atoms with Crippen molar-refractivity contribution in [1.82, 2.24) is 23.7 Å². The summed E-state index contributed by atoms with van der Waals surface area (Å²) in [4.78, 5) is 21.7. The van der Waals surface area contributed by atoms with Crippen molar-refractivity contribution in [2.24, 2.45) is 0 Å². The zero-order chi connectivity index (χ0) is 21.8. The van der Waals surface area contributed by atoms with E-state index < -0.39 is 10.0 Å². The number of carbonyl (C=O) groups excluding carboxylic acids is 1. The Morgan fingerprint density at radius 3 is 2.29 bits per heavy atom. The van der Waals surface area contributed by atoms with E-state index in [1.807, 2.05) is 17.3 Å². The van der Waals surface area contributed by atoms with Gasteiger partial charge in [-0.25, -0.2) is 13.4 Å². The van der Waals surface area contributed by atoms with E-state index in [2.05, 4.69) is 21.4 Å². The van der Waals surface area contributed by atoms with Crippen molar-refractivity contribution in [2.75, 3.05) is 45.8 Å². The van der Waals surface area contributed by atoms with Crippen LogP contribution >= 0.6 is 0 Å². The second kappa shape index (κ2) is 9.50. The maximum absolute atomic E-state index is 12.9. The standard InChI is InChI=1S/C22H31N5O3S/c1-2-21-23-9-12-25(21)16-13-24-14-17-26(18-15-24)22(28)19-5-7-20(8-6-19)31(29,30)27-10-3-4-11-27/h5-9,12H,2-4,10-11,13-18H2,1H3. The maximum Gasteiger partial charge on any atom is 0.253 e. The van der Waals surface area contributed by atoms with Gasteiger partial charge < -0.3 is 9.47 Å². The summed E-state index contributed by atoms with van der Waals surface area (Å²) in [5, 5.41) is 0. The molecular weight excluding hydrogens is 414 g/mol. The van der Waals surface area contributed by atoms with Crippen LogP contribution in [-0.2, 0) is 23.0 Å². The molecule has 8 nitrogen and oxygen atoms in total. The number of hydrogen-bond acceptors (Lipinski definition) is 5. The van der Waals surface area contributed by atoms with Gasteiger partial charge in [-0.15, -0.1) is 0 Å². The van der Waals surface area contributed by atoms with Crippen LogP contribution in [0.1, 0.15) is 35.9 Å². The predicted octanol–water partition coefficient (Wildman–Crippen LogP) is 1.69. The number of hydrogen-bond donors (Lipinski definition) is 0. The Bertz CT molecular complexity index is 988. The van der Waals surface area contributed by atoms with Crippen LogP contribution in [-0.4, -0.2) is 83.8 Å². The average molecular weight is 446 g/mol. The van der Waals surface area contributed by atoms with Gasteiger partial charge in [-0.3, -0.25) is 9.69 Å². The van der Waals surface area contributed by atoms with Gasteiger partial charge in [0.15, 0.2) is 0 Å². The second-order valence-electron chi connectivity index (χ2n) is 8.16. The number of sulfonamides is 1. The summed E-state index contributed by atoms with van der Waals surface area (Å²) in [5.74, 6) is 1.07. The Morgan fingerprint density at radius 1 is 0.968 bits per heavy atom. The van der Waals surface area contributed by atoms with Crippen LogP contribution in [0.15, 0.2) is 41.6 Å². The van der Waals surface area contributed by atoms with Crippen molar-refractivity contribution in [3.63, 3.8) is 0 Å². The van der Waals surface area contributed by atoms with Crippen molar-refractivity contribution in [3.8, 4) is 0 Å². The van der Waals surface area contributed by atoms with Gasteiger partial charge in [-0.1, -0.05) is 6.92 Å². The fourth-order valence-corrected chi connectivity index (χ4v) is 5.83. The van der Waals surface area contributed by atoms with E-state index in [1.165, 1.54) is 4.31 Å². The Labute approximate surface area is 184 Å². The Kier molecular flexibility index (Phi) is 6.74. The molecule has 0 radical (unpaired) electrons. The average Bonchev–Trinajstić information content (AvgIpc) is 3.50. The summed E-state index contributed by atoms with van der Waals surface area (Å²) in [6, 6.07) is 6.41. The van der Waals surface area contributed by atoms with Crippen molar-refractivity contribution >= 4 is 15.9 Å². The summed E-state index contributed by atoms with van der Waals surface area (Å²) >= 11 is 0. The number of imidazole rings is 1. The molecular formula is C22H31N5O3S. The summed E-state index contributed by atoms with van der Waals surface area (Å²) < 4.78 is 29.0. The van der Waals surface area contributed by atoms with Crippen LogP contribution in [0, 0.1) is 0 Å². The highest BCUT2D eigenvalue weighted by Crippen LogP contribution is 2.21. The van der Waals surface area contributed by atoms with Gasteiger partial charge in [0.05, 0.1) is 4.90 Å². The molecule has 2 fully saturated rings. The zero-order valence-electron chi connectivity index (χ0n) is 18.1. The van der Waals surface area contributed by atoms with Gasteiger partial charge in [-0.05, 0) is 37.1 Å². The van der Waals surface area contributed by atoms with E-state index in [4.69, 9.17) is 0 Å². The van der Waals surface area contributed by atoms with E-state index in [0.29, 0.717) is 31.7 Å². The Morgan fingerprint density at radius 2 is 1.65 bits per heavy atom. The second-order valence-corrected chi connectivity index (χ2v) is 10.1. The first-order valence-electron chi connectivity index (χ1n) is 11.1. The molecule has 0 unspecified atom stereocenters. The van der Waals surface area contributed by atoms with E-state index >= 15 is 0 Å². The molecule has 0 atom stereocenters. The van der Waals surface area contributed by atoms with Crippen molar-refractivity contribution < 1.29 is 13.2 Å². The van der Waals surface area contributed by atoms with Crippen LogP contribution in [0.25, 0.3) is 0 Å². The molecule has 9 heteroatoms. The van der Waals surface area contributed by atoms with Crippen LogP contribution in [0.2, 0.25) is 0 Å². The van der Waals surface area contributed by atoms with Crippen molar-refractivity contribution in [2.45, 2.75) is 37.6 Å². The van der Waals surface area contributed by atoms with Crippen LogP contribution < -0.4 is 0 Å². The molecule has 1 amide bonds. The lowest BCUT2D eigenvalue weighted by atomic mass is 10.2. The predicted molar refractivity (Wildman–Crippen MR) is 118 cm³/mol. The van der Waals surface area contributed by atoms with E-state index in [0.717, 1.165) is 51.3 Å². The molecule has 0 spiro atoms. The highest BCUT2D eigenvalue weighted by atomic mass is 32.2. The highest BCUT2D eigenvalue weighted by molar-refractivity contribution is 7.89. The van der Waals surface area contributed by atoms with E-state index in [1.54, 1.807) is 24.3 Å². The fourth-order valence-electron chi connectivity index (χ4n) is 4.31. The molecule has 0 aliphatic carbocycles. The number of nitrogens with zero attached hydrogens (tertiary/aromatic N) is 5. The molecule has 2 aliphatic rings. The zero-order valence-corrected chi connectivity index (χ0v) is 18.9. The van der Waals surface area contributed by atoms with Gasteiger partial charge in [0, 0.05) is 76.7 Å². The summed E-state index contributed by atoms with van der Waals surface area (Å²) in [6.07, 6.45) is 6.60. The van der Waals surface area contributed by atoms with Gasteiger partial charge in [0.1, 0.15) is 5.82 Å². The molecule has 0 bridgehead atoms. The molecule has 31 heavy (non-hydrogen) atoms. The molecule has 3 heterocycles. The number of benzene rings is 1. The molecule has 2 saturated heterocycles. The number of piperazine rings is 1. The third-order valence-corrected chi connectivity index (χ3v) is 8.15. The van der Waals surface area contributed by atoms with Crippen LogP contribution in [0.4, 0.5) is 0 Å². The summed E-state index contributed by atoms with van der Waals surface area (Å²) in [7, 11) is -3.45. The third-order valence-electron chi connectivity index (χ3n) is 6.24. The van der Waals surface area contributed by atoms with Gasteiger partial charge in [-0.2, -0.15) is 4.31 Å². The largest absolute Gasteiger partial charge is 0.336 e. The minimum Gasteiger partial charge on any atom is -0.336 e. The lowest BCUT2D eigenvalue weighted by Crippen LogP contribution is -2.49. The molecule has 0 N–H and O–H groups in total. The van der Waals surface area contributed by atoms with Crippen molar-refractivity contribution in [1.29, 1.82) is 0 Å². The summed E-state index contributed by atoms with van der Waals surface area (Å²) in [6.45, 7) is 8.14. The van der Waals surface area contributed by atoms with E-state index in [9.17, 15) is 13.2 Å². The minimum atomic E-state index is -3.45. The highest BCUT2D eigenvalue weighted by Gasteiger charge is 2.28. The van der Waals surface area contributed by atoms with Gasteiger partial charge in [0.2, 0.25) is 10.0 Å². The van der Waals surface area contributed by atoms with Crippen LogP contribution in [0.3, 0.4) is 0 Å². The molecule has 1 aromatic carbocycles. The number of rotatable bonds is 7. The van der Waals surface area contributed by atoms with Crippen LogP contribution in [0.5, 0.6) is 0 Å². The molecule has 1 aromatic heterocycles. The smallest absolute Gasteiger partial charge is 0.253 e. The molecule has 2 aromatic rings. The third kappa shape index (κ3) is 4.83. The maximum atomic E-state index is 12.9. The molecule has 0 saturated carbocycles. The number of amides is 1. The fraction of sp³-hybridized carbons (Fsp3) is 0.545. The topological polar surface area (TPSA) is 78.8 Å². The number of carbonyl (C=O) groups is 1. The SMILES string of the molecule is CCc1nccn1CCN1CCN(C(=O)c2ccc(S(=O)(=O)N3CCCC3)cc2)CC1. The first-order valence-corrected chi connectivity index (χ1v) is 12.5.